The number of carbonyl (C=O) groups excluding carboxylic acids is 2. The van der Waals surface area contributed by atoms with Gasteiger partial charge in [-0.25, -0.2) is 0 Å². The zero-order valence-electron chi connectivity index (χ0n) is 19.5. The van der Waals surface area contributed by atoms with Crippen molar-refractivity contribution in [3.05, 3.63) is 63.1 Å². The van der Waals surface area contributed by atoms with Crippen molar-refractivity contribution in [1.82, 2.24) is 10.2 Å². The highest BCUT2D eigenvalue weighted by Crippen LogP contribution is 2.25. The number of ether oxygens (including phenoxy) is 1. The predicted octanol–water partition coefficient (Wildman–Crippen LogP) is 5.86. The van der Waals surface area contributed by atoms with Gasteiger partial charge in [-0.05, 0) is 68.0 Å². The Morgan fingerprint density at radius 2 is 1.88 bits per heavy atom. The lowest BCUT2D eigenvalue weighted by Gasteiger charge is -2.31. The summed E-state index contributed by atoms with van der Waals surface area (Å²) in [7, 11) is 0. The molecule has 0 bridgehead atoms. The number of rotatable bonds is 9. The van der Waals surface area contributed by atoms with Crippen LogP contribution in [0.15, 0.2) is 36.4 Å². The van der Waals surface area contributed by atoms with E-state index in [-0.39, 0.29) is 31.0 Å². The zero-order chi connectivity index (χ0) is 24.0. The first-order valence-corrected chi connectivity index (χ1v) is 12.3. The number of amides is 2. The SMILES string of the molecule is CC[C@@H](C(=O)NC1CCCC1)N(Cc1ccc(Cl)cc1Cl)C(=O)COc1cccc(C)c1C. The summed E-state index contributed by atoms with van der Waals surface area (Å²) in [6.45, 7) is 5.90. The van der Waals surface area contributed by atoms with Crippen LogP contribution in [0.5, 0.6) is 5.75 Å². The largest absolute Gasteiger partial charge is 0.483 e. The van der Waals surface area contributed by atoms with Crippen LogP contribution in [0.2, 0.25) is 10.0 Å². The maximum atomic E-state index is 13.4. The Balaban J connectivity index is 1.81. The Kier molecular flexibility index (Phi) is 9.04. The normalized spacial score (nSPS) is 14.7. The Morgan fingerprint density at radius 3 is 2.55 bits per heavy atom. The monoisotopic (exact) mass is 490 g/mol. The lowest BCUT2D eigenvalue weighted by Crippen LogP contribution is -2.52. The highest BCUT2D eigenvalue weighted by molar-refractivity contribution is 6.35. The average Bonchev–Trinajstić information content (AvgIpc) is 3.29. The summed E-state index contributed by atoms with van der Waals surface area (Å²) in [6.07, 6.45) is 4.69. The molecule has 3 rings (SSSR count). The first kappa shape index (κ1) is 25.4. The van der Waals surface area contributed by atoms with Gasteiger partial charge in [0.15, 0.2) is 6.61 Å². The van der Waals surface area contributed by atoms with Crippen molar-refractivity contribution in [2.24, 2.45) is 0 Å². The van der Waals surface area contributed by atoms with Gasteiger partial charge in [-0.3, -0.25) is 9.59 Å². The fraction of sp³-hybridized carbons (Fsp3) is 0.462. The first-order chi connectivity index (χ1) is 15.8. The lowest BCUT2D eigenvalue weighted by molar-refractivity contribution is -0.143. The quantitative estimate of drug-likeness (QED) is 0.479. The third-order valence-corrected chi connectivity index (χ3v) is 6.94. The summed E-state index contributed by atoms with van der Waals surface area (Å²) < 4.78 is 5.88. The van der Waals surface area contributed by atoms with E-state index >= 15 is 0 Å². The van der Waals surface area contributed by atoms with Gasteiger partial charge in [0.1, 0.15) is 11.8 Å². The van der Waals surface area contributed by atoms with Crippen LogP contribution in [0.1, 0.15) is 55.7 Å². The molecule has 0 aliphatic heterocycles. The Labute approximate surface area is 206 Å². The minimum Gasteiger partial charge on any atom is -0.483 e. The molecule has 5 nitrogen and oxygen atoms in total. The lowest BCUT2D eigenvalue weighted by atomic mass is 10.1. The van der Waals surface area contributed by atoms with E-state index in [9.17, 15) is 9.59 Å². The number of carbonyl (C=O) groups is 2. The van der Waals surface area contributed by atoms with Gasteiger partial charge in [-0.2, -0.15) is 0 Å². The molecule has 1 saturated carbocycles. The molecule has 1 atom stereocenters. The molecule has 1 fully saturated rings. The second-order valence-electron chi connectivity index (χ2n) is 8.66. The summed E-state index contributed by atoms with van der Waals surface area (Å²) >= 11 is 12.4. The van der Waals surface area contributed by atoms with Gasteiger partial charge in [0.05, 0.1) is 0 Å². The highest BCUT2D eigenvalue weighted by Gasteiger charge is 2.31. The molecule has 0 saturated heterocycles. The average molecular weight is 491 g/mol. The van der Waals surface area contributed by atoms with Crippen LogP contribution in [0.25, 0.3) is 0 Å². The van der Waals surface area contributed by atoms with Crippen LogP contribution in [-0.4, -0.2) is 35.4 Å². The minimum atomic E-state index is -0.618. The van der Waals surface area contributed by atoms with Crippen molar-refractivity contribution < 1.29 is 14.3 Å². The molecular formula is C26H32Cl2N2O3. The van der Waals surface area contributed by atoms with Gasteiger partial charge < -0.3 is 15.0 Å². The number of hydrogen-bond donors (Lipinski definition) is 1. The van der Waals surface area contributed by atoms with Crippen molar-refractivity contribution in [3.63, 3.8) is 0 Å². The highest BCUT2D eigenvalue weighted by atomic mass is 35.5. The molecule has 1 aliphatic carbocycles. The Bertz CT molecular complexity index is 989. The predicted molar refractivity (Wildman–Crippen MR) is 133 cm³/mol. The smallest absolute Gasteiger partial charge is 0.261 e. The third-order valence-electron chi connectivity index (χ3n) is 6.35. The molecule has 2 aromatic carbocycles. The third kappa shape index (κ3) is 6.64. The molecule has 0 spiro atoms. The van der Waals surface area contributed by atoms with Gasteiger partial charge in [-0.1, -0.05) is 61.2 Å². The number of benzene rings is 2. The van der Waals surface area contributed by atoms with Gasteiger partial charge in [-0.15, -0.1) is 0 Å². The summed E-state index contributed by atoms with van der Waals surface area (Å²) in [6, 6.07) is 10.5. The van der Waals surface area contributed by atoms with Crippen LogP contribution in [0.3, 0.4) is 0 Å². The number of aryl methyl sites for hydroxylation is 1. The topological polar surface area (TPSA) is 58.6 Å². The van der Waals surface area contributed by atoms with Gasteiger partial charge in [0.2, 0.25) is 5.91 Å². The van der Waals surface area contributed by atoms with E-state index in [2.05, 4.69) is 5.32 Å². The van der Waals surface area contributed by atoms with E-state index in [1.165, 1.54) is 0 Å². The minimum absolute atomic E-state index is 0.130. The molecule has 0 heterocycles. The molecule has 2 aromatic rings. The summed E-state index contributed by atoms with van der Waals surface area (Å²) in [5.74, 6) is 0.265. The standard InChI is InChI=1S/C26H32Cl2N2O3/c1-4-23(26(32)29-21-9-5-6-10-21)30(15-19-12-13-20(27)14-22(19)28)25(31)16-33-24-11-7-8-17(2)18(24)3/h7-8,11-14,21,23H,4-6,9-10,15-16H2,1-3H3,(H,29,32)/t23-/m0/s1. The van der Waals surface area contributed by atoms with Gasteiger partial charge >= 0.3 is 0 Å². The fourth-order valence-electron chi connectivity index (χ4n) is 4.22. The van der Waals surface area contributed by atoms with E-state index in [0.29, 0.717) is 22.2 Å². The van der Waals surface area contributed by atoms with Crippen LogP contribution >= 0.6 is 23.2 Å². The zero-order valence-corrected chi connectivity index (χ0v) is 21.0. The van der Waals surface area contributed by atoms with E-state index in [4.69, 9.17) is 27.9 Å². The molecule has 7 heteroatoms. The van der Waals surface area contributed by atoms with Gasteiger partial charge in [0.25, 0.3) is 5.91 Å². The molecule has 33 heavy (non-hydrogen) atoms. The number of halogens is 2. The maximum Gasteiger partial charge on any atom is 0.261 e. The van der Waals surface area contributed by atoms with E-state index < -0.39 is 6.04 Å². The molecule has 0 unspecified atom stereocenters. The van der Waals surface area contributed by atoms with Gasteiger partial charge in [0, 0.05) is 22.6 Å². The Morgan fingerprint density at radius 1 is 1.15 bits per heavy atom. The number of nitrogens with one attached hydrogen (secondary N) is 1. The summed E-state index contributed by atoms with van der Waals surface area (Å²) in [5, 5.41) is 4.12. The number of nitrogens with zero attached hydrogens (tertiary/aromatic N) is 1. The van der Waals surface area contributed by atoms with Crippen molar-refractivity contribution in [3.8, 4) is 5.75 Å². The molecule has 0 aromatic heterocycles. The first-order valence-electron chi connectivity index (χ1n) is 11.5. The van der Waals surface area contributed by atoms with Crippen LogP contribution in [0, 0.1) is 13.8 Å². The molecule has 2 amide bonds. The molecule has 0 radical (unpaired) electrons. The Hall–Kier alpha value is -2.24. The molecule has 178 valence electrons. The molecule has 1 aliphatic rings. The van der Waals surface area contributed by atoms with Crippen molar-refractivity contribution >= 4 is 35.0 Å². The van der Waals surface area contributed by atoms with E-state index in [1.807, 2.05) is 39.0 Å². The summed E-state index contributed by atoms with van der Waals surface area (Å²) in [5.41, 5.74) is 2.81. The number of hydrogen-bond acceptors (Lipinski definition) is 3. The molecular weight excluding hydrogens is 459 g/mol. The van der Waals surface area contributed by atoms with Crippen LogP contribution in [-0.2, 0) is 16.1 Å². The summed E-state index contributed by atoms with van der Waals surface area (Å²) in [4.78, 5) is 28.1. The van der Waals surface area contributed by atoms with E-state index in [0.717, 1.165) is 42.4 Å². The van der Waals surface area contributed by atoms with Crippen molar-refractivity contribution in [1.29, 1.82) is 0 Å². The second-order valence-corrected chi connectivity index (χ2v) is 9.50. The second kappa shape index (κ2) is 11.8. The van der Waals surface area contributed by atoms with Crippen LogP contribution < -0.4 is 10.1 Å². The van der Waals surface area contributed by atoms with E-state index in [1.54, 1.807) is 23.1 Å². The molecule has 1 N–H and O–H groups in total. The van der Waals surface area contributed by atoms with Crippen LogP contribution in [0.4, 0.5) is 0 Å². The maximum absolute atomic E-state index is 13.4. The fourth-order valence-corrected chi connectivity index (χ4v) is 4.69. The van der Waals surface area contributed by atoms with Crippen molar-refractivity contribution in [2.45, 2.75) is 71.5 Å². The van der Waals surface area contributed by atoms with Crippen molar-refractivity contribution in [2.75, 3.05) is 6.61 Å².